The zero-order valence-corrected chi connectivity index (χ0v) is 42.0. The van der Waals surface area contributed by atoms with Gasteiger partial charge in [0.2, 0.25) is 0 Å². The van der Waals surface area contributed by atoms with Crippen LogP contribution < -0.4 is 0 Å². The van der Waals surface area contributed by atoms with Crippen molar-refractivity contribution in [3.05, 3.63) is 60.8 Å². The van der Waals surface area contributed by atoms with Crippen molar-refractivity contribution in [2.45, 2.75) is 219 Å². The minimum atomic E-state index is -4.29. The van der Waals surface area contributed by atoms with Crippen molar-refractivity contribution in [3.63, 3.8) is 0 Å². The first-order valence-corrected chi connectivity index (χ1v) is 27.0. The number of carbonyl (C=O) groups excluding carboxylic acids is 1. The molecule has 9 heteroatoms. The molecule has 362 valence electrons. The van der Waals surface area contributed by atoms with Gasteiger partial charge in [0.05, 0.1) is 34.4 Å². The molecule has 0 radical (unpaired) electrons. The van der Waals surface area contributed by atoms with Gasteiger partial charge in [-0.25, -0.2) is 4.57 Å². The minimum Gasteiger partial charge on any atom is -0.457 e. The SMILES string of the molecule is CCCCCC/C=C\C/C=C\CCCCCCCCCC(=O)OC(COCCCCCCCCC/C=C\C/C=C\C/C=C\CCCCCCC)COP(=O)(O)OCC[N+](C)(C)C. The molecule has 0 amide bonds. The molecular weight excluding hydrogens is 794 g/mol. The molecule has 62 heavy (non-hydrogen) atoms. The number of nitrogens with zero attached hydrogens (tertiary/aromatic N) is 1. The summed E-state index contributed by atoms with van der Waals surface area (Å²) in [6, 6.07) is 0. The molecule has 0 aromatic carbocycles. The number of carbonyl (C=O) groups is 1. The number of hydrogen-bond donors (Lipinski definition) is 1. The summed E-state index contributed by atoms with van der Waals surface area (Å²) in [5.41, 5.74) is 0. The van der Waals surface area contributed by atoms with Crippen LogP contribution in [-0.4, -0.2) is 75.6 Å². The van der Waals surface area contributed by atoms with Gasteiger partial charge in [-0.15, -0.1) is 0 Å². The molecule has 0 aromatic rings. The first-order chi connectivity index (χ1) is 30.1. The Hall–Kier alpha value is -1.80. The lowest BCUT2D eigenvalue weighted by molar-refractivity contribution is -0.870. The van der Waals surface area contributed by atoms with E-state index < -0.39 is 13.9 Å². The van der Waals surface area contributed by atoms with Crippen molar-refractivity contribution in [1.82, 2.24) is 0 Å². The predicted octanol–water partition coefficient (Wildman–Crippen LogP) is 15.7. The van der Waals surface area contributed by atoms with Crippen LogP contribution in [0, 0.1) is 0 Å². The highest BCUT2D eigenvalue weighted by molar-refractivity contribution is 7.47. The molecule has 0 heterocycles. The predicted molar refractivity (Wildman–Crippen MR) is 266 cm³/mol. The highest BCUT2D eigenvalue weighted by Gasteiger charge is 2.26. The molecule has 0 aliphatic carbocycles. The van der Waals surface area contributed by atoms with Crippen LogP contribution in [0.1, 0.15) is 213 Å². The van der Waals surface area contributed by atoms with Gasteiger partial charge in [0.1, 0.15) is 19.3 Å². The number of phosphoric acid groups is 1. The summed E-state index contributed by atoms with van der Waals surface area (Å²) in [6.45, 7) is 5.57. The number of phosphoric ester groups is 1. The second-order valence-electron chi connectivity index (χ2n) is 18.2. The summed E-state index contributed by atoms with van der Waals surface area (Å²) < 4.78 is 35.1. The lowest BCUT2D eigenvalue weighted by Crippen LogP contribution is -2.37. The average molecular weight is 893 g/mol. The highest BCUT2D eigenvalue weighted by Crippen LogP contribution is 2.43. The smallest absolute Gasteiger partial charge is 0.457 e. The maximum atomic E-state index is 12.8. The Labute approximate surface area is 383 Å². The molecule has 0 aliphatic heterocycles. The van der Waals surface area contributed by atoms with Crippen molar-refractivity contribution in [3.8, 4) is 0 Å². The summed E-state index contributed by atoms with van der Waals surface area (Å²) in [7, 11) is 1.65. The molecule has 1 N–H and O–H groups in total. The van der Waals surface area contributed by atoms with Crippen LogP contribution in [0.25, 0.3) is 0 Å². The van der Waals surface area contributed by atoms with Crippen LogP contribution in [0.15, 0.2) is 60.8 Å². The number of allylic oxidation sites excluding steroid dienone is 10. The first kappa shape index (κ1) is 60.2. The number of rotatable bonds is 47. The minimum absolute atomic E-state index is 0.0825. The van der Waals surface area contributed by atoms with Crippen molar-refractivity contribution < 1.29 is 37.3 Å². The third-order valence-corrected chi connectivity index (χ3v) is 11.8. The summed E-state index contributed by atoms with van der Waals surface area (Å²) in [6.07, 6.45) is 58.3. The van der Waals surface area contributed by atoms with Crippen LogP contribution in [0.2, 0.25) is 0 Å². The average Bonchev–Trinajstić information content (AvgIpc) is 3.23. The van der Waals surface area contributed by atoms with E-state index >= 15 is 0 Å². The summed E-state index contributed by atoms with van der Waals surface area (Å²) in [4.78, 5) is 23.0. The Bertz CT molecular complexity index is 1170. The van der Waals surface area contributed by atoms with Gasteiger partial charge in [0.15, 0.2) is 0 Å². The highest BCUT2D eigenvalue weighted by atomic mass is 31.2. The summed E-state index contributed by atoms with van der Waals surface area (Å²) in [5, 5.41) is 0. The topological polar surface area (TPSA) is 91.3 Å². The van der Waals surface area contributed by atoms with Crippen molar-refractivity contribution in [2.75, 3.05) is 54.1 Å². The van der Waals surface area contributed by atoms with E-state index in [1.165, 1.54) is 128 Å². The quantitative estimate of drug-likeness (QED) is 0.0214. The normalized spacial score (nSPS) is 14.1. The van der Waals surface area contributed by atoms with Gasteiger partial charge in [-0.1, -0.05) is 184 Å². The Balaban J connectivity index is 4.20. The van der Waals surface area contributed by atoms with Gasteiger partial charge < -0.3 is 18.9 Å². The van der Waals surface area contributed by atoms with Crippen molar-refractivity contribution >= 4 is 13.8 Å². The fourth-order valence-corrected chi connectivity index (χ4v) is 7.57. The molecule has 0 bridgehead atoms. The lowest BCUT2D eigenvalue weighted by Gasteiger charge is -2.24. The molecule has 0 aliphatic rings. The number of hydrogen-bond acceptors (Lipinski definition) is 6. The molecular formula is C53H99NO7P+. The van der Waals surface area contributed by atoms with Gasteiger partial charge in [-0.3, -0.25) is 13.8 Å². The molecule has 0 saturated carbocycles. The number of esters is 1. The Kier molecular flexibility index (Phi) is 44.4. The number of quaternary nitrogens is 1. The molecule has 2 unspecified atom stereocenters. The standard InChI is InChI=1S/C53H98NO7P/c1-6-8-10-12-14-16-18-20-22-24-26-27-28-29-31-33-35-37-39-41-43-45-48-58-50-52(51-60-62(56,57)59-49-47-54(3,4)5)61-53(55)46-44-42-40-38-36-34-32-30-25-23-21-19-17-15-13-11-9-7-2/h17-20,23-26,28-29,52H,6-16,21-22,27,30-51H2,1-5H3/p+1/b19-17-,20-18-,25-23-,26-24-,29-28-. The van der Waals surface area contributed by atoms with E-state index in [4.69, 9.17) is 18.5 Å². The summed E-state index contributed by atoms with van der Waals surface area (Å²) >= 11 is 0. The zero-order valence-electron chi connectivity index (χ0n) is 41.1. The largest absolute Gasteiger partial charge is 0.472 e. The molecule has 2 atom stereocenters. The van der Waals surface area contributed by atoms with Crippen LogP contribution in [-0.2, 0) is 27.9 Å². The lowest BCUT2D eigenvalue weighted by atomic mass is 10.1. The van der Waals surface area contributed by atoms with E-state index in [9.17, 15) is 14.3 Å². The van der Waals surface area contributed by atoms with Crippen LogP contribution >= 0.6 is 7.82 Å². The van der Waals surface area contributed by atoms with Gasteiger partial charge in [-0.05, 0) is 83.5 Å². The second-order valence-corrected chi connectivity index (χ2v) is 19.6. The number of unbranched alkanes of at least 4 members (excludes halogenated alkanes) is 23. The molecule has 0 rings (SSSR count). The van der Waals surface area contributed by atoms with Crippen molar-refractivity contribution in [2.24, 2.45) is 0 Å². The van der Waals surface area contributed by atoms with Crippen LogP contribution in [0.3, 0.4) is 0 Å². The van der Waals surface area contributed by atoms with Gasteiger partial charge in [-0.2, -0.15) is 0 Å². The fourth-order valence-electron chi connectivity index (χ4n) is 6.83. The Morgan fingerprint density at radius 2 is 0.887 bits per heavy atom. The molecule has 0 fully saturated rings. The number of likely N-dealkylation sites (N-methyl/N-ethyl adjacent to an activating group) is 1. The van der Waals surface area contributed by atoms with E-state index in [1.807, 2.05) is 21.1 Å². The van der Waals surface area contributed by atoms with Gasteiger partial charge >= 0.3 is 13.8 Å². The van der Waals surface area contributed by atoms with Gasteiger partial charge in [0, 0.05) is 13.0 Å². The van der Waals surface area contributed by atoms with E-state index in [0.29, 0.717) is 24.1 Å². The van der Waals surface area contributed by atoms with E-state index in [2.05, 4.69) is 74.6 Å². The molecule has 0 aromatic heterocycles. The van der Waals surface area contributed by atoms with E-state index in [0.717, 1.165) is 64.2 Å². The molecule has 0 spiro atoms. The van der Waals surface area contributed by atoms with Crippen LogP contribution in [0.5, 0.6) is 0 Å². The summed E-state index contributed by atoms with van der Waals surface area (Å²) in [5.74, 6) is -0.326. The molecule has 8 nitrogen and oxygen atoms in total. The fraction of sp³-hybridized carbons (Fsp3) is 0.792. The maximum absolute atomic E-state index is 12.8. The van der Waals surface area contributed by atoms with Crippen molar-refractivity contribution in [1.29, 1.82) is 0 Å². The van der Waals surface area contributed by atoms with E-state index in [1.54, 1.807) is 0 Å². The van der Waals surface area contributed by atoms with Crippen LogP contribution in [0.4, 0.5) is 0 Å². The maximum Gasteiger partial charge on any atom is 0.472 e. The Morgan fingerprint density at radius 3 is 1.34 bits per heavy atom. The van der Waals surface area contributed by atoms with Gasteiger partial charge in [0.25, 0.3) is 0 Å². The molecule has 0 saturated heterocycles. The first-order valence-electron chi connectivity index (χ1n) is 25.5. The third kappa shape index (κ3) is 49.2. The zero-order chi connectivity index (χ0) is 45.5. The number of ether oxygens (including phenoxy) is 2. The Morgan fingerprint density at radius 1 is 0.500 bits per heavy atom. The third-order valence-electron chi connectivity index (χ3n) is 10.8. The monoisotopic (exact) mass is 893 g/mol. The second kappa shape index (κ2) is 45.8. The van der Waals surface area contributed by atoms with E-state index in [-0.39, 0.29) is 25.8 Å².